The largest absolute Gasteiger partial charge is 0.507 e. The maximum Gasteiger partial charge on any atom is 0.335 e. The van der Waals surface area contributed by atoms with Crippen molar-refractivity contribution in [2.45, 2.75) is 28.5 Å². The van der Waals surface area contributed by atoms with Gasteiger partial charge >= 0.3 is 5.97 Å². The topological polar surface area (TPSA) is 132 Å². The van der Waals surface area contributed by atoms with Crippen LogP contribution in [-0.4, -0.2) is 59.9 Å². The number of carboxylic acids is 1. The van der Waals surface area contributed by atoms with E-state index in [4.69, 9.17) is 23.2 Å². The van der Waals surface area contributed by atoms with E-state index in [0.29, 0.717) is 21.9 Å². The summed E-state index contributed by atoms with van der Waals surface area (Å²) in [5.74, 6) is -7.03. The van der Waals surface area contributed by atoms with Crippen molar-refractivity contribution in [1.29, 1.82) is 0 Å². The minimum absolute atomic E-state index is 0.0156. The van der Waals surface area contributed by atoms with Gasteiger partial charge in [-0.25, -0.2) is 4.79 Å². The molecule has 4 aliphatic rings. The van der Waals surface area contributed by atoms with E-state index in [1.165, 1.54) is 30.3 Å². The Hall–Kier alpha value is -3.73. The zero-order chi connectivity index (χ0) is 31.3. The first kappa shape index (κ1) is 29.0. The molecule has 2 aliphatic carbocycles. The summed E-state index contributed by atoms with van der Waals surface area (Å²) in [5, 5.41) is 21.2. The lowest BCUT2D eigenvalue weighted by atomic mass is 9.56. The second-order valence-corrected chi connectivity index (χ2v) is 13.3. The number of nitrogens with zero attached hydrogens (tertiary/aromatic N) is 2. The number of aromatic hydroxyl groups is 1. The molecule has 2 saturated heterocycles. The van der Waals surface area contributed by atoms with Crippen LogP contribution in [0.15, 0.2) is 72.3 Å². The van der Waals surface area contributed by atoms with Gasteiger partial charge in [-0.05, 0) is 54.0 Å². The standard InChI is InChI=1S/C32H23BrCl2N2O7/c33-14-36-29(43)31(34)13-22-20(25(32(31,35)30(36)44)19-10-11-23(38)18-7-2-1-6-17(18)19)8-9-21-24(22)27(40)37(26(21)39)16-5-3-4-15(12-16)28(41)42/h1-8,10-12,21-22,24-25,38H,9,13-14H2,(H,41,42). The molecule has 3 aromatic carbocycles. The number of fused-ring (bicyclic) bond motifs is 5. The van der Waals surface area contributed by atoms with Crippen LogP contribution in [0.25, 0.3) is 10.8 Å². The number of carboxylic acid groups (broad SMARTS) is 1. The summed E-state index contributed by atoms with van der Waals surface area (Å²) < 4.78 is 0. The van der Waals surface area contributed by atoms with Gasteiger partial charge < -0.3 is 10.2 Å². The van der Waals surface area contributed by atoms with Gasteiger partial charge in [-0.2, -0.15) is 0 Å². The quantitative estimate of drug-likeness (QED) is 0.167. The first-order valence-electron chi connectivity index (χ1n) is 13.9. The molecular weight excluding hydrogens is 675 g/mol. The molecule has 1 saturated carbocycles. The number of hydrogen-bond donors (Lipinski definition) is 2. The molecule has 6 atom stereocenters. The van der Waals surface area contributed by atoms with Crippen LogP contribution in [0.1, 0.15) is 34.7 Å². The number of halogens is 3. The van der Waals surface area contributed by atoms with E-state index in [0.717, 1.165) is 9.80 Å². The van der Waals surface area contributed by atoms with Crippen molar-refractivity contribution >= 4 is 85.2 Å². The fraction of sp³-hybridized carbons (Fsp3) is 0.281. The highest BCUT2D eigenvalue weighted by Gasteiger charge is 2.76. The monoisotopic (exact) mass is 696 g/mol. The zero-order valence-electron chi connectivity index (χ0n) is 22.7. The van der Waals surface area contributed by atoms with Gasteiger partial charge in [0.25, 0.3) is 11.8 Å². The number of hydrogen-bond acceptors (Lipinski definition) is 6. The Balaban J connectivity index is 1.42. The van der Waals surface area contributed by atoms with Crippen molar-refractivity contribution in [1.82, 2.24) is 4.90 Å². The van der Waals surface area contributed by atoms with E-state index in [-0.39, 0.29) is 35.3 Å². The number of anilines is 1. The summed E-state index contributed by atoms with van der Waals surface area (Å²) in [4.78, 5) is 65.5. The molecule has 7 rings (SSSR count). The van der Waals surface area contributed by atoms with Crippen molar-refractivity contribution in [3.05, 3.63) is 83.4 Å². The highest BCUT2D eigenvalue weighted by atomic mass is 79.9. The van der Waals surface area contributed by atoms with Crippen LogP contribution in [0.5, 0.6) is 5.75 Å². The Labute approximate surface area is 269 Å². The fourth-order valence-corrected chi connectivity index (χ4v) is 9.11. The van der Waals surface area contributed by atoms with Crippen molar-refractivity contribution in [3.63, 3.8) is 0 Å². The predicted molar refractivity (Wildman–Crippen MR) is 165 cm³/mol. The minimum atomic E-state index is -1.98. The Morgan fingerprint density at radius 3 is 2.36 bits per heavy atom. The number of carbonyl (C=O) groups excluding carboxylic acids is 4. The molecule has 0 radical (unpaired) electrons. The SMILES string of the molecule is O=C(O)c1cccc(N2C(=O)C3CC=C4C(CC5(Cl)C(=O)N(CBr)C(=O)C5(Cl)C4c4ccc(O)c5ccccc45)C3C2=O)c1. The van der Waals surface area contributed by atoms with Crippen LogP contribution in [-0.2, 0) is 19.2 Å². The van der Waals surface area contributed by atoms with Crippen molar-refractivity contribution in [2.75, 3.05) is 10.4 Å². The molecule has 2 aliphatic heterocycles. The van der Waals surface area contributed by atoms with Gasteiger partial charge in [0.15, 0.2) is 9.75 Å². The fourth-order valence-electron chi connectivity index (χ4n) is 7.69. The van der Waals surface area contributed by atoms with E-state index in [2.05, 4.69) is 15.9 Å². The van der Waals surface area contributed by atoms with E-state index in [1.807, 2.05) is 6.08 Å². The first-order chi connectivity index (χ1) is 21.0. The minimum Gasteiger partial charge on any atom is -0.507 e. The Morgan fingerprint density at radius 2 is 1.66 bits per heavy atom. The molecule has 9 nitrogen and oxygen atoms in total. The zero-order valence-corrected chi connectivity index (χ0v) is 25.8. The maximum absolute atomic E-state index is 14.2. The summed E-state index contributed by atoms with van der Waals surface area (Å²) in [6.07, 6.45) is 1.82. The second kappa shape index (κ2) is 9.89. The summed E-state index contributed by atoms with van der Waals surface area (Å²) in [7, 11) is 0. The highest BCUT2D eigenvalue weighted by molar-refractivity contribution is 9.09. The van der Waals surface area contributed by atoms with Gasteiger partial charge in [-0.15, -0.1) is 23.2 Å². The number of phenolic OH excluding ortho intramolecular Hbond substituents is 1. The molecule has 0 bridgehead atoms. The molecule has 2 N–H and O–H groups in total. The van der Waals surface area contributed by atoms with Gasteiger partial charge in [0.2, 0.25) is 11.8 Å². The average Bonchev–Trinajstić information content (AvgIpc) is 3.35. The number of phenols is 1. The van der Waals surface area contributed by atoms with Crippen molar-refractivity contribution < 1.29 is 34.2 Å². The van der Waals surface area contributed by atoms with Gasteiger partial charge in [0.05, 0.1) is 28.5 Å². The van der Waals surface area contributed by atoms with Gasteiger partial charge in [0, 0.05) is 11.3 Å². The Bertz CT molecular complexity index is 1880. The van der Waals surface area contributed by atoms with E-state index >= 15 is 0 Å². The Morgan fingerprint density at radius 1 is 0.932 bits per heavy atom. The van der Waals surface area contributed by atoms with E-state index < -0.39 is 63.0 Å². The normalized spacial score (nSPS) is 31.2. The van der Waals surface area contributed by atoms with E-state index in [1.54, 1.807) is 30.3 Å². The molecule has 0 aromatic heterocycles. The average molecular weight is 698 g/mol. The first-order valence-corrected chi connectivity index (χ1v) is 15.7. The molecule has 2 heterocycles. The number of aromatic carboxylic acids is 1. The van der Waals surface area contributed by atoms with Crippen molar-refractivity contribution in [2.24, 2.45) is 17.8 Å². The molecule has 4 amide bonds. The van der Waals surface area contributed by atoms with Crippen LogP contribution >= 0.6 is 39.1 Å². The second-order valence-electron chi connectivity index (χ2n) is 11.6. The number of rotatable bonds is 4. The van der Waals surface area contributed by atoms with Crippen LogP contribution in [0.2, 0.25) is 0 Å². The lowest BCUT2D eigenvalue weighted by molar-refractivity contribution is -0.138. The van der Waals surface area contributed by atoms with Crippen LogP contribution in [0.4, 0.5) is 5.69 Å². The summed E-state index contributed by atoms with van der Waals surface area (Å²) in [6, 6.07) is 15.8. The number of allylic oxidation sites excluding steroid dienone is 2. The molecule has 224 valence electrons. The lowest BCUT2D eigenvalue weighted by Crippen LogP contribution is -2.60. The summed E-state index contributed by atoms with van der Waals surface area (Å²) in [5.41, 5.74) is 1.08. The number of carbonyl (C=O) groups is 5. The third kappa shape index (κ3) is 3.61. The summed E-state index contributed by atoms with van der Waals surface area (Å²) in [6.45, 7) is 0. The maximum atomic E-state index is 14.2. The molecule has 0 spiro atoms. The third-order valence-corrected chi connectivity index (χ3v) is 11.5. The predicted octanol–water partition coefficient (Wildman–Crippen LogP) is 5.16. The van der Waals surface area contributed by atoms with Crippen molar-refractivity contribution in [3.8, 4) is 5.75 Å². The molecule has 3 fully saturated rings. The highest BCUT2D eigenvalue weighted by Crippen LogP contribution is 2.66. The van der Waals surface area contributed by atoms with Gasteiger partial charge in [0.1, 0.15) is 5.75 Å². The van der Waals surface area contributed by atoms with Gasteiger partial charge in [-0.1, -0.05) is 64.0 Å². The molecular formula is C32H23BrCl2N2O7. The molecule has 12 heteroatoms. The number of imide groups is 2. The molecule has 44 heavy (non-hydrogen) atoms. The van der Waals surface area contributed by atoms with Gasteiger partial charge in [-0.3, -0.25) is 29.0 Å². The number of alkyl halides is 3. The summed E-state index contributed by atoms with van der Waals surface area (Å²) >= 11 is 17.9. The Kier molecular flexibility index (Phi) is 6.52. The molecule has 3 aromatic rings. The number of amides is 4. The molecule has 6 unspecified atom stereocenters. The lowest BCUT2D eigenvalue weighted by Gasteiger charge is -2.51. The number of likely N-dealkylation sites (tertiary alicyclic amines) is 1. The van der Waals surface area contributed by atoms with Crippen LogP contribution in [0.3, 0.4) is 0 Å². The van der Waals surface area contributed by atoms with E-state index in [9.17, 15) is 34.2 Å². The third-order valence-electron chi connectivity index (χ3n) is 9.61. The van der Waals surface area contributed by atoms with Crippen LogP contribution in [0, 0.1) is 17.8 Å². The number of benzene rings is 3. The smallest absolute Gasteiger partial charge is 0.335 e. The van der Waals surface area contributed by atoms with Crippen LogP contribution < -0.4 is 4.90 Å².